The van der Waals surface area contributed by atoms with Crippen LogP contribution < -0.4 is 21.4 Å². The molecule has 0 unspecified atom stereocenters. The Morgan fingerprint density at radius 2 is 1.78 bits per heavy atom. The van der Waals surface area contributed by atoms with Crippen LogP contribution in [-0.4, -0.2) is 79.4 Å². The maximum absolute atomic E-state index is 12.6. The molecule has 4 N–H and O–H groups in total. The number of pyridine rings is 1. The van der Waals surface area contributed by atoms with Crippen LogP contribution >= 0.6 is 11.6 Å². The number of amides is 4. The molecule has 0 aromatic carbocycles. The molecule has 206 valence electrons. The fraction of sp³-hybridized carbons (Fsp3) is 0.609. The lowest BCUT2D eigenvalue weighted by Gasteiger charge is -2.38. The molecular formula is C23H37ClN6O6Si. The predicted octanol–water partition coefficient (Wildman–Crippen LogP) is 2.74. The summed E-state index contributed by atoms with van der Waals surface area (Å²) in [6.07, 6.45) is 0.389. The molecule has 1 aliphatic rings. The van der Waals surface area contributed by atoms with Crippen molar-refractivity contribution in [3.05, 3.63) is 23.4 Å². The highest BCUT2D eigenvalue weighted by molar-refractivity contribution is 6.76. The Kier molecular flexibility index (Phi) is 10.7. The van der Waals surface area contributed by atoms with Crippen molar-refractivity contribution in [1.82, 2.24) is 26.1 Å². The minimum absolute atomic E-state index is 0.146. The lowest BCUT2D eigenvalue weighted by molar-refractivity contribution is -0.137. The number of halogens is 1. The molecule has 1 fully saturated rings. The van der Waals surface area contributed by atoms with Gasteiger partial charge >= 0.3 is 24.0 Å². The number of nitrogens with zero attached hydrogens (tertiary/aromatic N) is 2. The van der Waals surface area contributed by atoms with Gasteiger partial charge in [0.05, 0.1) is 23.7 Å². The zero-order chi connectivity index (χ0) is 27.8. The van der Waals surface area contributed by atoms with Crippen LogP contribution in [0.15, 0.2) is 18.3 Å². The van der Waals surface area contributed by atoms with E-state index in [-0.39, 0.29) is 12.4 Å². The lowest BCUT2D eigenvalue weighted by atomic mass is 10.00. The second-order valence-corrected chi connectivity index (χ2v) is 17.0. The molecule has 2 rings (SSSR count). The second kappa shape index (κ2) is 13.1. The van der Waals surface area contributed by atoms with E-state index in [1.54, 1.807) is 25.8 Å². The third-order valence-corrected chi connectivity index (χ3v) is 7.07. The molecule has 12 nitrogen and oxygen atoms in total. The number of nitrogens with one attached hydrogen (secondary N) is 4. The number of piperidine rings is 1. The molecule has 0 spiro atoms. The Morgan fingerprint density at radius 3 is 2.38 bits per heavy atom. The number of anilines is 1. The van der Waals surface area contributed by atoms with Crippen molar-refractivity contribution in [2.75, 3.05) is 25.0 Å². The topological polar surface area (TPSA) is 151 Å². The zero-order valence-corrected chi connectivity index (χ0v) is 23.9. The Bertz CT molecular complexity index is 966. The fourth-order valence-electron chi connectivity index (χ4n) is 3.30. The summed E-state index contributed by atoms with van der Waals surface area (Å²) in [6, 6.07) is 2.56. The Morgan fingerprint density at radius 1 is 1.08 bits per heavy atom. The van der Waals surface area contributed by atoms with Crippen LogP contribution in [0.25, 0.3) is 0 Å². The number of carbonyl (C=O) groups excluding carboxylic acids is 4. The minimum Gasteiger partial charge on any atom is -0.449 e. The van der Waals surface area contributed by atoms with Crippen molar-refractivity contribution in [1.29, 1.82) is 0 Å². The van der Waals surface area contributed by atoms with E-state index in [2.05, 4.69) is 46.0 Å². The van der Waals surface area contributed by atoms with Crippen LogP contribution in [0.3, 0.4) is 0 Å². The summed E-state index contributed by atoms with van der Waals surface area (Å²) in [5, 5.41) is 9.76. The van der Waals surface area contributed by atoms with Crippen LogP contribution in [0.1, 0.15) is 27.2 Å². The molecule has 37 heavy (non-hydrogen) atoms. The van der Waals surface area contributed by atoms with Gasteiger partial charge in [-0.3, -0.25) is 15.0 Å². The van der Waals surface area contributed by atoms with Gasteiger partial charge in [0.15, 0.2) is 0 Å². The van der Waals surface area contributed by atoms with Crippen LogP contribution in [-0.2, 0) is 19.1 Å². The van der Waals surface area contributed by atoms with Gasteiger partial charge < -0.3 is 25.4 Å². The van der Waals surface area contributed by atoms with Crippen LogP contribution in [0.4, 0.5) is 15.4 Å². The van der Waals surface area contributed by atoms with E-state index in [4.69, 9.17) is 21.1 Å². The smallest absolute Gasteiger partial charge is 0.421 e. The molecule has 0 bridgehead atoms. The van der Waals surface area contributed by atoms with E-state index in [9.17, 15) is 19.2 Å². The van der Waals surface area contributed by atoms with Gasteiger partial charge in [-0.15, -0.1) is 0 Å². The summed E-state index contributed by atoms with van der Waals surface area (Å²) < 4.78 is 10.6. The Balaban J connectivity index is 2.00. The molecule has 0 radical (unpaired) electrons. The summed E-state index contributed by atoms with van der Waals surface area (Å²) in [7, 11) is -1.35. The molecule has 1 aromatic heterocycles. The average Bonchev–Trinajstić information content (AvgIpc) is 2.74. The van der Waals surface area contributed by atoms with Gasteiger partial charge in [-0.25, -0.2) is 19.6 Å². The summed E-state index contributed by atoms with van der Waals surface area (Å²) >= 11 is 5.79. The lowest BCUT2D eigenvalue weighted by Crippen LogP contribution is -2.64. The number of alkyl carbamates (subject to hydrolysis) is 1. The van der Waals surface area contributed by atoms with Crippen molar-refractivity contribution in [3.63, 3.8) is 0 Å². The highest BCUT2D eigenvalue weighted by atomic mass is 35.5. The molecule has 14 heteroatoms. The first-order valence-electron chi connectivity index (χ1n) is 12.0. The van der Waals surface area contributed by atoms with Crippen molar-refractivity contribution in [3.8, 4) is 0 Å². The normalized spacial score (nSPS) is 18.4. The first-order valence-corrected chi connectivity index (χ1v) is 16.1. The third kappa shape index (κ3) is 11.8. The maximum atomic E-state index is 12.6. The summed E-state index contributed by atoms with van der Waals surface area (Å²) in [5.74, 6) is -1.65. The van der Waals surface area contributed by atoms with E-state index in [0.717, 1.165) is 6.04 Å². The number of carbonyl (C=O) groups is 4. The second-order valence-electron chi connectivity index (χ2n) is 10.9. The summed E-state index contributed by atoms with van der Waals surface area (Å²) in [5.41, 5.74) is 1.94. The van der Waals surface area contributed by atoms with Gasteiger partial charge in [0.2, 0.25) is 0 Å². The van der Waals surface area contributed by atoms with Gasteiger partial charge in [0, 0.05) is 27.4 Å². The van der Waals surface area contributed by atoms with E-state index < -0.39 is 49.8 Å². The van der Waals surface area contributed by atoms with Gasteiger partial charge in [0.1, 0.15) is 11.4 Å². The van der Waals surface area contributed by atoms with Crippen molar-refractivity contribution in [2.24, 2.45) is 0 Å². The summed E-state index contributed by atoms with van der Waals surface area (Å²) in [6.45, 7) is 12.6. The third-order valence-electron chi connectivity index (χ3n) is 5.14. The van der Waals surface area contributed by atoms with E-state index in [1.165, 1.54) is 18.3 Å². The Hall–Kier alpha value is -2.90. The van der Waals surface area contributed by atoms with Crippen molar-refractivity contribution >= 4 is 49.5 Å². The van der Waals surface area contributed by atoms with Crippen LogP contribution in [0.2, 0.25) is 30.7 Å². The molecule has 2 atom stereocenters. The highest BCUT2D eigenvalue weighted by Crippen LogP contribution is 2.14. The van der Waals surface area contributed by atoms with Crippen LogP contribution in [0.5, 0.6) is 0 Å². The molecular weight excluding hydrogens is 520 g/mol. The standard InChI is InChI=1S/C23H37ClN6O6Si/c1-23(2,3)36-21(33)27-17-14-30(29-22(34)35-11-12-37(4,5)6)10-9-16(17)26-19(31)20(32)28-18-8-7-15(24)13-25-18/h7-8,13,16-17H,9-12,14H2,1-6H3,(H,26,31)(H,27,33)(H,29,34)(H,25,28,32)/t16-,17+/m0/s1. The van der Waals surface area contributed by atoms with Crippen LogP contribution in [0, 0.1) is 0 Å². The van der Waals surface area contributed by atoms with E-state index >= 15 is 0 Å². The van der Waals surface area contributed by atoms with E-state index in [0.29, 0.717) is 24.6 Å². The molecule has 1 saturated heterocycles. The molecule has 2 heterocycles. The highest BCUT2D eigenvalue weighted by Gasteiger charge is 2.34. The fourth-order valence-corrected chi connectivity index (χ4v) is 4.13. The minimum atomic E-state index is -1.35. The number of hydrogen-bond donors (Lipinski definition) is 4. The van der Waals surface area contributed by atoms with E-state index in [1.807, 2.05) is 0 Å². The van der Waals surface area contributed by atoms with Gasteiger partial charge in [-0.1, -0.05) is 31.2 Å². The molecule has 1 aromatic rings. The Labute approximate surface area is 223 Å². The van der Waals surface area contributed by atoms with Gasteiger partial charge in [-0.05, 0) is 45.4 Å². The number of hydrazine groups is 1. The largest absolute Gasteiger partial charge is 0.449 e. The number of ether oxygens (including phenoxy) is 2. The maximum Gasteiger partial charge on any atom is 0.421 e. The van der Waals surface area contributed by atoms with Crippen molar-refractivity contribution in [2.45, 2.75) is 70.6 Å². The molecule has 1 aliphatic heterocycles. The van der Waals surface area contributed by atoms with Gasteiger partial charge in [0.25, 0.3) is 0 Å². The number of hydrogen-bond acceptors (Lipinski definition) is 8. The first kappa shape index (κ1) is 30.3. The number of aromatic nitrogens is 1. The van der Waals surface area contributed by atoms with Gasteiger partial charge in [-0.2, -0.15) is 0 Å². The first-order chi connectivity index (χ1) is 17.1. The monoisotopic (exact) mass is 556 g/mol. The zero-order valence-electron chi connectivity index (χ0n) is 22.1. The van der Waals surface area contributed by atoms with Crippen molar-refractivity contribution < 1.29 is 28.7 Å². The predicted molar refractivity (Wildman–Crippen MR) is 142 cm³/mol. The quantitative estimate of drug-likeness (QED) is 0.295. The molecule has 0 saturated carbocycles. The SMILES string of the molecule is CC(C)(C)OC(=O)N[C@@H]1CN(NC(=O)OCC[Si](C)(C)C)CC[C@@H]1NC(=O)C(=O)Nc1ccc(Cl)cn1. The molecule has 4 amide bonds. The number of rotatable bonds is 7. The summed E-state index contributed by atoms with van der Waals surface area (Å²) in [4.78, 5) is 53.6. The molecule has 0 aliphatic carbocycles. The average molecular weight is 557 g/mol.